The molecule has 1 aromatic rings. The number of halogens is 3. The Balaban J connectivity index is 0.00000220. The normalized spacial score (nSPS) is 20.9. The number of carbonyl (C=O) groups excluding carboxylic acids is 1. The third-order valence-electron chi connectivity index (χ3n) is 3.39. The molecule has 0 saturated carbocycles. The predicted octanol–water partition coefficient (Wildman–Crippen LogP) is 1.55. The molecule has 4 nitrogen and oxygen atoms in total. The Morgan fingerprint density at radius 3 is 2.81 bits per heavy atom. The van der Waals surface area contributed by atoms with Gasteiger partial charge in [-0.15, -0.1) is 12.4 Å². The van der Waals surface area contributed by atoms with Crippen LogP contribution in [0.2, 0.25) is 0 Å². The highest BCUT2D eigenvalue weighted by atomic mass is 35.5. The number of hydrogen-bond acceptors (Lipinski definition) is 3. The summed E-state index contributed by atoms with van der Waals surface area (Å²) in [6, 6.07) is 4.01. The fraction of sp³-hybridized carbons (Fsp3) is 0.500. The number of nitrogens with one attached hydrogen (secondary N) is 1. The zero-order valence-corrected chi connectivity index (χ0v) is 12.3. The minimum atomic E-state index is -0.876. The molecule has 0 unspecified atom stereocenters. The summed E-state index contributed by atoms with van der Waals surface area (Å²) in [5.74, 6) is -1.96. The van der Waals surface area contributed by atoms with Gasteiger partial charge in [0.15, 0.2) is 11.6 Å². The van der Waals surface area contributed by atoms with Crippen LogP contribution in [0, 0.1) is 11.6 Å². The van der Waals surface area contributed by atoms with Crippen molar-refractivity contribution in [3.8, 4) is 0 Å². The highest BCUT2D eigenvalue weighted by Crippen LogP contribution is 2.18. The monoisotopic (exact) mass is 320 g/mol. The van der Waals surface area contributed by atoms with E-state index in [0.717, 1.165) is 12.5 Å². The second-order valence-electron chi connectivity index (χ2n) is 4.81. The molecule has 1 heterocycles. The van der Waals surface area contributed by atoms with E-state index >= 15 is 0 Å². The van der Waals surface area contributed by atoms with Crippen molar-refractivity contribution < 1.29 is 18.3 Å². The summed E-state index contributed by atoms with van der Waals surface area (Å²) in [6.07, 6.45) is 1.10. The Morgan fingerprint density at radius 2 is 2.14 bits per heavy atom. The van der Waals surface area contributed by atoms with Crippen LogP contribution in [0.1, 0.15) is 18.4 Å². The summed E-state index contributed by atoms with van der Waals surface area (Å²) in [6.45, 7) is 0.643. The van der Waals surface area contributed by atoms with Crippen LogP contribution in [0.5, 0.6) is 0 Å². The van der Waals surface area contributed by atoms with Gasteiger partial charge in [0.05, 0.1) is 6.10 Å². The van der Waals surface area contributed by atoms with Crippen molar-refractivity contribution in [2.45, 2.75) is 31.5 Å². The van der Waals surface area contributed by atoms with Crippen molar-refractivity contribution in [1.29, 1.82) is 0 Å². The second kappa shape index (κ2) is 8.26. The maximum absolute atomic E-state index is 13.4. The first-order valence-corrected chi connectivity index (χ1v) is 6.68. The van der Waals surface area contributed by atoms with Crippen molar-refractivity contribution in [3.63, 3.8) is 0 Å². The van der Waals surface area contributed by atoms with E-state index in [-0.39, 0.29) is 42.9 Å². The summed E-state index contributed by atoms with van der Waals surface area (Å²) in [5, 5.41) is 2.67. The molecule has 3 N–H and O–H groups in total. The minimum absolute atomic E-state index is 0. The molecule has 0 radical (unpaired) electrons. The van der Waals surface area contributed by atoms with Gasteiger partial charge in [0.2, 0.25) is 5.91 Å². The van der Waals surface area contributed by atoms with Gasteiger partial charge in [-0.05, 0) is 30.9 Å². The number of nitrogens with two attached hydrogens (primary N) is 1. The van der Waals surface area contributed by atoms with Crippen LogP contribution in [-0.2, 0) is 16.0 Å². The highest BCUT2D eigenvalue weighted by molar-refractivity contribution is 5.85. The fourth-order valence-corrected chi connectivity index (χ4v) is 2.25. The van der Waals surface area contributed by atoms with Crippen LogP contribution < -0.4 is 11.1 Å². The van der Waals surface area contributed by atoms with Crippen LogP contribution >= 0.6 is 12.4 Å². The maximum atomic E-state index is 13.4. The number of benzene rings is 1. The van der Waals surface area contributed by atoms with E-state index in [2.05, 4.69) is 5.32 Å². The minimum Gasteiger partial charge on any atom is -0.364 e. The molecule has 1 amide bonds. The number of rotatable bonds is 5. The second-order valence-corrected chi connectivity index (χ2v) is 4.81. The van der Waals surface area contributed by atoms with Crippen molar-refractivity contribution in [2.24, 2.45) is 5.73 Å². The standard InChI is InChI=1S/C14H18F2N2O2.ClH/c15-11-3-1-2-9(13(11)16)6-7-18-14(19)12-5-4-10(8-17)20-12;/h1-3,10,12H,4-8,17H2,(H,18,19);1H/t10-,12+;/m1./s1. The van der Waals surface area contributed by atoms with Gasteiger partial charge in [0.1, 0.15) is 6.10 Å². The van der Waals surface area contributed by atoms with Gasteiger partial charge in [-0.25, -0.2) is 8.78 Å². The van der Waals surface area contributed by atoms with E-state index in [1.165, 1.54) is 12.1 Å². The first kappa shape index (κ1) is 17.8. The largest absolute Gasteiger partial charge is 0.364 e. The molecule has 2 rings (SSSR count). The Hall–Kier alpha value is -1.24. The number of amides is 1. The third-order valence-corrected chi connectivity index (χ3v) is 3.39. The van der Waals surface area contributed by atoms with Crippen LogP contribution in [0.3, 0.4) is 0 Å². The molecule has 1 aromatic carbocycles. The zero-order chi connectivity index (χ0) is 14.5. The molecule has 0 aromatic heterocycles. The summed E-state index contributed by atoms with van der Waals surface area (Å²) in [5.41, 5.74) is 5.72. The number of carbonyl (C=O) groups is 1. The maximum Gasteiger partial charge on any atom is 0.249 e. The molecule has 21 heavy (non-hydrogen) atoms. The van der Waals surface area contributed by atoms with Crippen LogP contribution in [-0.4, -0.2) is 31.2 Å². The predicted molar refractivity (Wildman–Crippen MR) is 77.3 cm³/mol. The molecule has 118 valence electrons. The van der Waals surface area contributed by atoms with Crippen LogP contribution in [0.25, 0.3) is 0 Å². The van der Waals surface area contributed by atoms with E-state index in [1.807, 2.05) is 0 Å². The molecule has 1 aliphatic heterocycles. The molecule has 2 atom stereocenters. The SMILES string of the molecule is Cl.NC[C@H]1CC[C@@H](C(=O)NCCc2cccc(F)c2F)O1. The van der Waals surface area contributed by atoms with Crippen molar-refractivity contribution in [3.05, 3.63) is 35.4 Å². The smallest absolute Gasteiger partial charge is 0.249 e. The van der Waals surface area contributed by atoms with Gasteiger partial charge >= 0.3 is 0 Å². The third kappa shape index (κ3) is 4.62. The Bertz CT molecular complexity index is 488. The summed E-state index contributed by atoms with van der Waals surface area (Å²) < 4.78 is 31.8. The lowest BCUT2D eigenvalue weighted by Gasteiger charge is -2.12. The Labute approximate surface area is 128 Å². The summed E-state index contributed by atoms with van der Waals surface area (Å²) in [4.78, 5) is 11.8. The fourth-order valence-electron chi connectivity index (χ4n) is 2.25. The number of ether oxygens (including phenoxy) is 1. The first-order chi connectivity index (χ1) is 9.61. The van der Waals surface area contributed by atoms with Crippen LogP contribution in [0.4, 0.5) is 8.78 Å². The molecule has 0 spiro atoms. The lowest BCUT2D eigenvalue weighted by atomic mass is 10.1. The van der Waals surface area contributed by atoms with E-state index in [9.17, 15) is 13.6 Å². The lowest BCUT2D eigenvalue weighted by molar-refractivity contribution is -0.131. The van der Waals surface area contributed by atoms with E-state index < -0.39 is 17.7 Å². The number of hydrogen-bond donors (Lipinski definition) is 2. The molecule has 1 aliphatic rings. The van der Waals surface area contributed by atoms with Gasteiger partial charge in [0.25, 0.3) is 0 Å². The first-order valence-electron chi connectivity index (χ1n) is 6.68. The average Bonchev–Trinajstić information content (AvgIpc) is 2.92. The van der Waals surface area contributed by atoms with Gasteiger partial charge in [-0.3, -0.25) is 4.79 Å². The van der Waals surface area contributed by atoms with Crippen molar-refractivity contribution in [1.82, 2.24) is 5.32 Å². The van der Waals surface area contributed by atoms with Gasteiger partial charge in [-0.2, -0.15) is 0 Å². The summed E-state index contributed by atoms with van der Waals surface area (Å²) in [7, 11) is 0. The topological polar surface area (TPSA) is 64.4 Å². The molecular formula is C14H19ClF2N2O2. The van der Waals surface area contributed by atoms with Crippen molar-refractivity contribution >= 4 is 18.3 Å². The van der Waals surface area contributed by atoms with Crippen molar-refractivity contribution in [2.75, 3.05) is 13.1 Å². The Morgan fingerprint density at radius 1 is 1.38 bits per heavy atom. The molecule has 1 saturated heterocycles. The molecule has 7 heteroatoms. The Kier molecular flexibility index (Phi) is 7.01. The van der Waals surface area contributed by atoms with E-state index in [4.69, 9.17) is 10.5 Å². The molecular weight excluding hydrogens is 302 g/mol. The van der Waals surface area contributed by atoms with E-state index in [0.29, 0.717) is 13.0 Å². The van der Waals surface area contributed by atoms with Gasteiger partial charge < -0.3 is 15.8 Å². The summed E-state index contributed by atoms with van der Waals surface area (Å²) >= 11 is 0. The zero-order valence-electron chi connectivity index (χ0n) is 11.5. The van der Waals surface area contributed by atoms with E-state index in [1.54, 1.807) is 0 Å². The van der Waals surface area contributed by atoms with Gasteiger partial charge in [-0.1, -0.05) is 12.1 Å². The quantitative estimate of drug-likeness (QED) is 0.865. The lowest BCUT2D eigenvalue weighted by Crippen LogP contribution is -2.36. The molecule has 0 aliphatic carbocycles. The molecule has 0 bridgehead atoms. The average molecular weight is 321 g/mol. The molecule has 1 fully saturated rings. The highest BCUT2D eigenvalue weighted by Gasteiger charge is 2.29. The van der Waals surface area contributed by atoms with Gasteiger partial charge in [0, 0.05) is 13.1 Å². The van der Waals surface area contributed by atoms with Crippen LogP contribution in [0.15, 0.2) is 18.2 Å².